The van der Waals surface area contributed by atoms with E-state index < -0.39 is 5.92 Å². The van der Waals surface area contributed by atoms with Crippen molar-refractivity contribution in [1.82, 2.24) is 9.78 Å². The summed E-state index contributed by atoms with van der Waals surface area (Å²) in [7, 11) is 0. The van der Waals surface area contributed by atoms with Gasteiger partial charge in [-0.25, -0.2) is 0 Å². The second-order valence-electron chi connectivity index (χ2n) is 6.93. The smallest absolute Gasteiger partial charge is 0.298 e. The lowest BCUT2D eigenvalue weighted by atomic mass is 9.99. The third-order valence-corrected chi connectivity index (χ3v) is 6.10. The van der Waals surface area contributed by atoms with Crippen LogP contribution >= 0.6 is 22.6 Å². The average molecular weight is 493 g/mol. The van der Waals surface area contributed by atoms with Gasteiger partial charge in [0.2, 0.25) is 0 Å². The zero-order valence-corrected chi connectivity index (χ0v) is 17.5. The van der Waals surface area contributed by atoms with E-state index >= 15 is 0 Å². The van der Waals surface area contributed by atoms with E-state index in [0.717, 1.165) is 3.57 Å². The predicted molar refractivity (Wildman–Crippen MR) is 112 cm³/mol. The first-order valence-corrected chi connectivity index (χ1v) is 10.0. The van der Waals surface area contributed by atoms with E-state index in [9.17, 15) is 13.6 Å². The minimum atomic E-state index is -3.10. The van der Waals surface area contributed by atoms with Crippen LogP contribution in [0, 0.1) is 3.57 Å². The maximum Gasteiger partial charge on any atom is 0.298 e. The maximum absolute atomic E-state index is 14.8. The molecule has 2 heterocycles. The fraction of sp³-hybridized carbons (Fsp3) is 0.238. The van der Waals surface area contributed by atoms with Gasteiger partial charge >= 0.3 is 0 Å². The van der Waals surface area contributed by atoms with E-state index in [2.05, 4.69) is 27.7 Å². The Hall–Kier alpha value is -2.29. The van der Waals surface area contributed by atoms with Crippen LogP contribution in [0.25, 0.3) is 0 Å². The summed E-state index contributed by atoms with van der Waals surface area (Å²) in [6.45, 7) is 3.93. The number of rotatable bonds is 3. The van der Waals surface area contributed by atoms with Crippen LogP contribution in [-0.2, 0) is 5.92 Å². The van der Waals surface area contributed by atoms with Crippen LogP contribution < -0.4 is 4.90 Å². The highest BCUT2D eigenvalue weighted by Crippen LogP contribution is 2.38. The van der Waals surface area contributed by atoms with Crippen molar-refractivity contribution in [3.8, 4) is 0 Å². The van der Waals surface area contributed by atoms with Gasteiger partial charge in [0.15, 0.2) is 0 Å². The molecule has 0 aliphatic carbocycles. The largest absolute Gasteiger partial charge is 0.302 e. The average Bonchev–Trinajstić information content (AvgIpc) is 3.09. The number of hydrogen-bond donors (Lipinski definition) is 0. The summed E-state index contributed by atoms with van der Waals surface area (Å²) < 4.78 is 32.1. The predicted octanol–water partition coefficient (Wildman–Crippen LogP) is 5.24. The van der Waals surface area contributed by atoms with Gasteiger partial charge in [0, 0.05) is 16.8 Å². The molecule has 28 heavy (non-hydrogen) atoms. The molecule has 7 heteroatoms. The first-order chi connectivity index (χ1) is 13.3. The molecule has 4 nitrogen and oxygen atoms in total. The molecule has 0 saturated heterocycles. The zero-order valence-electron chi connectivity index (χ0n) is 15.3. The number of aromatic nitrogens is 2. The van der Waals surface area contributed by atoms with E-state index in [1.54, 1.807) is 46.1 Å². The Morgan fingerprint density at radius 2 is 1.57 bits per heavy atom. The van der Waals surface area contributed by atoms with Crippen LogP contribution in [0.4, 0.5) is 14.5 Å². The Labute approximate surface area is 175 Å². The van der Waals surface area contributed by atoms with Crippen molar-refractivity contribution in [2.24, 2.45) is 0 Å². The fourth-order valence-corrected chi connectivity index (χ4v) is 4.17. The molecule has 0 N–H and O–H groups in total. The summed E-state index contributed by atoms with van der Waals surface area (Å²) >= 11 is 2.09. The lowest BCUT2D eigenvalue weighted by Gasteiger charge is -2.38. The van der Waals surface area contributed by atoms with Crippen molar-refractivity contribution in [2.45, 2.75) is 31.9 Å². The van der Waals surface area contributed by atoms with Crippen molar-refractivity contribution in [1.29, 1.82) is 0 Å². The van der Waals surface area contributed by atoms with E-state index in [1.165, 1.54) is 24.3 Å². The monoisotopic (exact) mass is 493 g/mol. The number of carbonyl (C=O) groups excluding carboxylic acids is 1. The normalized spacial score (nSPS) is 19.6. The lowest BCUT2D eigenvalue weighted by Crippen LogP contribution is -2.49. The molecule has 1 aliphatic heterocycles. The minimum absolute atomic E-state index is 0.0262. The SMILES string of the molecule is C[C@H]1[C@H](C)n2ncc(I)c2C(=O)N1c1ccc(C(F)(F)c2ccccc2)cc1. The van der Waals surface area contributed by atoms with Crippen LogP contribution in [0.15, 0.2) is 60.8 Å². The molecular formula is C21H18F2IN3O. The molecule has 0 bridgehead atoms. The number of halogens is 3. The molecular weight excluding hydrogens is 475 g/mol. The van der Waals surface area contributed by atoms with Crippen LogP contribution in [0.3, 0.4) is 0 Å². The van der Waals surface area contributed by atoms with Gasteiger partial charge in [-0.1, -0.05) is 42.5 Å². The quantitative estimate of drug-likeness (QED) is 0.469. The van der Waals surface area contributed by atoms with Gasteiger partial charge in [-0.2, -0.15) is 13.9 Å². The molecule has 1 aromatic heterocycles. The van der Waals surface area contributed by atoms with Gasteiger partial charge in [-0.15, -0.1) is 0 Å². The number of anilines is 1. The van der Waals surface area contributed by atoms with Crippen molar-refractivity contribution < 1.29 is 13.6 Å². The number of benzene rings is 2. The Morgan fingerprint density at radius 1 is 0.964 bits per heavy atom. The third kappa shape index (κ3) is 2.92. The number of nitrogens with zero attached hydrogens (tertiary/aromatic N) is 3. The summed E-state index contributed by atoms with van der Waals surface area (Å²) in [4.78, 5) is 14.7. The second kappa shape index (κ2) is 6.95. The van der Waals surface area contributed by atoms with Gasteiger partial charge in [0.25, 0.3) is 11.8 Å². The molecule has 0 unspecified atom stereocenters. The van der Waals surface area contributed by atoms with Crippen molar-refractivity contribution >= 4 is 34.2 Å². The van der Waals surface area contributed by atoms with Crippen LogP contribution in [0.5, 0.6) is 0 Å². The molecule has 1 amide bonds. The van der Waals surface area contributed by atoms with Crippen LogP contribution in [0.1, 0.15) is 41.5 Å². The maximum atomic E-state index is 14.8. The lowest BCUT2D eigenvalue weighted by molar-refractivity contribution is 0.0428. The Kier molecular flexibility index (Phi) is 4.73. The van der Waals surface area contributed by atoms with Crippen LogP contribution in [0.2, 0.25) is 0 Å². The van der Waals surface area contributed by atoms with E-state index in [0.29, 0.717) is 11.4 Å². The summed E-state index contributed by atoms with van der Waals surface area (Å²) in [6, 6.07) is 13.5. The van der Waals surface area contributed by atoms with E-state index in [1.807, 2.05) is 13.8 Å². The summed E-state index contributed by atoms with van der Waals surface area (Å²) in [5.41, 5.74) is 0.967. The molecule has 2 atom stereocenters. The standard InChI is InChI=1S/C21H18F2IN3O/c1-13-14(2)27-19(18(24)12-25-27)20(28)26(13)17-10-8-16(9-11-17)21(22,23)15-6-4-3-5-7-15/h3-14H,1-2H3/t13-,14-/m0/s1. The summed E-state index contributed by atoms with van der Waals surface area (Å²) in [6.07, 6.45) is 1.67. The van der Waals surface area contributed by atoms with Gasteiger partial charge in [0.05, 0.1) is 21.9 Å². The number of amides is 1. The minimum Gasteiger partial charge on any atom is -0.302 e. The number of carbonyl (C=O) groups is 1. The topological polar surface area (TPSA) is 38.1 Å². The molecule has 3 aromatic rings. The highest BCUT2D eigenvalue weighted by Gasteiger charge is 2.39. The molecule has 0 saturated carbocycles. The molecule has 0 spiro atoms. The van der Waals surface area contributed by atoms with Gasteiger partial charge in [-0.05, 0) is 48.6 Å². The molecule has 0 radical (unpaired) electrons. The zero-order chi connectivity index (χ0) is 20.1. The molecule has 0 fully saturated rings. The third-order valence-electron chi connectivity index (χ3n) is 5.31. The Bertz CT molecular complexity index is 1020. The first-order valence-electron chi connectivity index (χ1n) is 8.93. The number of fused-ring (bicyclic) bond motifs is 1. The van der Waals surface area contributed by atoms with Crippen molar-refractivity contribution in [3.63, 3.8) is 0 Å². The molecule has 1 aliphatic rings. The molecule has 144 valence electrons. The first kappa shape index (κ1) is 19.0. The van der Waals surface area contributed by atoms with E-state index in [-0.39, 0.29) is 29.1 Å². The highest BCUT2D eigenvalue weighted by atomic mass is 127. The number of alkyl halides is 2. The second-order valence-corrected chi connectivity index (χ2v) is 8.09. The van der Waals surface area contributed by atoms with Gasteiger partial charge < -0.3 is 4.90 Å². The highest BCUT2D eigenvalue weighted by molar-refractivity contribution is 14.1. The summed E-state index contributed by atoms with van der Waals surface area (Å²) in [5.74, 6) is -3.27. The summed E-state index contributed by atoms with van der Waals surface area (Å²) in [5, 5.41) is 4.31. The van der Waals surface area contributed by atoms with Gasteiger partial charge in [-0.3, -0.25) is 9.48 Å². The van der Waals surface area contributed by atoms with Crippen LogP contribution in [-0.4, -0.2) is 21.7 Å². The Morgan fingerprint density at radius 3 is 2.21 bits per heavy atom. The molecule has 2 aromatic carbocycles. The molecule has 4 rings (SSSR count). The number of hydrogen-bond acceptors (Lipinski definition) is 2. The fourth-order valence-electron chi connectivity index (χ4n) is 3.57. The Balaban J connectivity index is 1.70. The van der Waals surface area contributed by atoms with Gasteiger partial charge in [0.1, 0.15) is 5.69 Å². The van der Waals surface area contributed by atoms with Crippen molar-refractivity contribution in [2.75, 3.05) is 4.90 Å². The van der Waals surface area contributed by atoms with Crippen molar-refractivity contribution in [3.05, 3.63) is 81.2 Å². The van der Waals surface area contributed by atoms with E-state index in [4.69, 9.17) is 0 Å².